The molecular formula is C21H19NO4S. The van der Waals surface area contributed by atoms with Gasteiger partial charge in [-0.1, -0.05) is 36.4 Å². The Morgan fingerprint density at radius 2 is 1.67 bits per heavy atom. The first kappa shape index (κ1) is 18.7. The van der Waals surface area contributed by atoms with E-state index >= 15 is 0 Å². The van der Waals surface area contributed by atoms with E-state index in [4.69, 9.17) is 4.74 Å². The molecular weight excluding hydrogens is 362 g/mol. The summed E-state index contributed by atoms with van der Waals surface area (Å²) in [4.78, 5) is 12.8. The first-order valence-electron chi connectivity index (χ1n) is 8.30. The second-order valence-corrected chi connectivity index (χ2v) is 7.95. The highest BCUT2D eigenvalue weighted by atomic mass is 32.2. The Morgan fingerprint density at radius 3 is 2.41 bits per heavy atom. The van der Waals surface area contributed by atoms with E-state index < -0.39 is 9.84 Å². The molecule has 138 valence electrons. The van der Waals surface area contributed by atoms with Gasteiger partial charge in [0.1, 0.15) is 5.75 Å². The van der Waals surface area contributed by atoms with Gasteiger partial charge in [-0.15, -0.1) is 0 Å². The largest absolute Gasteiger partial charge is 0.497 e. The number of carbonyl (C=O) groups excluding carboxylic acids is 1. The predicted molar refractivity (Wildman–Crippen MR) is 105 cm³/mol. The molecule has 3 aromatic carbocycles. The summed E-state index contributed by atoms with van der Waals surface area (Å²) in [5.74, 6) is 0.148. The highest BCUT2D eigenvalue weighted by Gasteiger charge is 2.16. The summed E-state index contributed by atoms with van der Waals surface area (Å²) < 4.78 is 30.2. The van der Waals surface area contributed by atoms with Gasteiger partial charge in [0.15, 0.2) is 9.84 Å². The molecule has 0 unspecified atom stereocenters. The smallest absolute Gasteiger partial charge is 0.255 e. The number of anilines is 1. The van der Waals surface area contributed by atoms with Crippen molar-refractivity contribution in [1.29, 1.82) is 0 Å². The van der Waals surface area contributed by atoms with Crippen LogP contribution in [0.1, 0.15) is 15.9 Å². The zero-order chi connectivity index (χ0) is 19.3. The SMILES string of the molecule is COc1cccc(NC(=O)c2cccc(CS(=O)(=O)c3ccccc3)c2)c1. The average molecular weight is 381 g/mol. The lowest BCUT2D eigenvalue weighted by Gasteiger charge is -2.09. The first-order valence-corrected chi connectivity index (χ1v) is 9.95. The molecule has 27 heavy (non-hydrogen) atoms. The standard InChI is InChI=1S/C21H19NO4S/c1-26-19-10-6-9-18(14-19)22-21(23)17-8-5-7-16(13-17)15-27(24,25)20-11-3-2-4-12-20/h2-14H,15H2,1H3,(H,22,23). The van der Waals surface area contributed by atoms with Gasteiger partial charge in [-0.3, -0.25) is 4.79 Å². The Balaban J connectivity index is 1.78. The molecule has 0 aliphatic heterocycles. The zero-order valence-corrected chi connectivity index (χ0v) is 15.6. The number of rotatable bonds is 6. The Kier molecular flexibility index (Phi) is 5.57. The number of hydrogen-bond acceptors (Lipinski definition) is 4. The van der Waals surface area contributed by atoms with E-state index in [1.807, 2.05) is 0 Å². The van der Waals surface area contributed by atoms with Crippen molar-refractivity contribution < 1.29 is 17.9 Å². The summed E-state index contributed by atoms with van der Waals surface area (Å²) in [5.41, 5.74) is 1.54. The predicted octanol–water partition coefficient (Wildman–Crippen LogP) is 3.92. The van der Waals surface area contributed by atoms with Gasteiger partial charge in [0.05, 0.1) is 17.8 Å². The molecule has 0 saturated carbocycles. The molecule has 0 fully saturated rings. The summed E-state index contributed by atoms with van der Waals surface area (Å²) in [6, 6.07) is 21.9. The molecule has 1 N–H and O–H groups in total. The second-order valence-electron chi connectivity index (χ2n) is 5.96. The van der Waals surface area contributed by atoms with Crippen LogP contribution in [0, 0.1) is 0 Å². The topological polar surface area (TPSA) is 72.5 Å². The molecule has 0 heterocycles. The summed E-state index contributed by atoms with van der Waals surface area (Å²) in [7, 11) is -1.92. The van der Waals surface area contributed by atoms with Gasteiger partial charge in [-0.05, 0) is 42.0 Å². The van der Waals surface area contributed by atoms with Gasteiger partial charge < -0.3 is 10.1 Å². The number of hydrogen-bond donors (Lipinski definition) is 1. The number of methoxy groups -OCH3 is 1. The third-order valence-corrected chi connectivity index (χ3v) is 5.68. The summed E-state index contributed by atoms with van der Waals surface area (Å²) in [6.07, 6.45) is 0. The molecule has 6 heteroatoms. The summed E-state index contributed by atoms with van der Waals surface area (Å²) in [6.45, 7) is 0. The van der Waals surface area contributed by atoms with E-state index in [0.29, 0.717) is 22.6 Å². The lowest BCUT2D eigenvalue weighted by molar-refractivity contribution is 0.102. The molecule has 0 radical (unpaired) electrons. The van der Waals surface area contributed by atoms with Crippen LogP contribution >= 0.6 is 0 Å². The number of benzene rings is 3. The molecule has 0 aromatic heterocycles. The molecule has 0 saturated heterocycles. The minimum absolute atomic E-state index is 0.169. The molecule has 0 bridgehead atoms. The van der Waals surface area contributed by atoms with Gasteiger partial charge in [0.2, 0.25) is 0 Å². The van der Waals surface area contributed by atoms with E-state index in [1.54, 1.807) is 86.0 Å². The van der Waals surface area contributed by atoms with E-state index in [9.17, 15) is 13.2 Å². The van der Waals surface area contributed by atoms with E-state index in [1.165, 1.54) is 0 Å². The number of carbonyl (C=O) groups is 1. The second kappa shape index (κ2) is 8.05. The van der Waals surface area contributed by atoms with Crippen molar-refractivity contribution in [2.75, 3.05) is 12.4 Å². The van der Waals surface area contributed by atoms with Crippen LogP contribution in [0.2, 0.25) is 0 Å². The molecule has 1 amide bonds. The van der Waals surface area contributed by atoms with Crippen LogP contribution in [-0.2, 0) is 15.6 Å². The Bertz CT molecular complexity index is 1050. The van der Waals surface area contributed by atoms with Crippen molar-refractivity contribution in [1.82, 2.24) is 0 Å². The van der Waals surface area contributed by atoms with Crippen LogP contribution in [-0.4, -0.2) is 21.4 Å². The van der Waals surface area contributed by atoms with Gasteiger partial charge in [0.25, 0.3) is 5.91 Å². The third kappa shape index (κ3) is 4.74. The number of nitrogens with one attached hydrogen (secondary N) is 1. The monoisotopic (exact) mass is 381 g/mol. The fourth-order valence-electron chi connectivity index (χ4n) is 2.64. The van der Waals surface area contributed by atoms with Crippen LogP contribution in [0.3, 0.4) is 0 Å². The lowest BCUT2D eigenvalue weighted by atomic mass is 10.1. The van der Waals surface area contributed by atoms with Gasteiger partial charge >= 0.3 is 0 Å². The molecule has 5 nitrogen and oxygen atoms in total. The first-order chi connectivity index (χ1) is 13.0. The molecule has 0 aliphatic carbocycles. The van der Waals surface area contributed by atoms with Gasteiger partial charge in [-0.25, -0.2) is 8.42 Å². The molecule has 3 aromatic rings. The lowest BCUT2D eigenvalue weighted by Crippen LogP contribution is -2.13. The average Bonchev–Trinajstić information content (AvgIpc) is 2.68. The molecule has 0 aliphatic rings. The number of sulfone groups is 1. The van der Waals surface area contributed by atoms with Gasteiger partial charge in [-0.2, -0.15) is 0 Å². The van der Waals surface area contributed by atoms with Gasteiger partial charge in [0, 0.05) is 17.3 Å². The normalized spacial score (nSPS) is 11.0. The van der Waals surface area contributed by atoms with Crippen molar-refractivity contribution >= 4 is 21.4 Å². The van der Waals surface area contributed by atoms with Crippen LogP contribution < -0.4 is 10.1 Å². The maximum atomic E-state index is 12.5. The van der Waals surface area contributed by atoms with Crippen molar-refractivity contribution in [2.45, 2.75) is 10.6 Å². The van der Waals surface area contributed by atoms with Crippen LogP contribution in [0.25, 0.3) is 0 Å². The van der Waals surface area contributed by atoms with E-state index in [2.05, 4.69) is 5.32 Å². The van der Waals surface area contributed by atoms with Crippen molar-refractivity contribution in [3.63, 3.8) is 0 Å². The maximum Gasteiger partial charge on any atom is 0.255 e. The number of ether oxygens (including phenoxy) is 1. The van der Waals surface area contributed by atoms with Crippen molar-refractivity contribution in [3.8, 4) is 5.75 Å². The Hall–Kier alpha value is -3.12. The highest BCUT2D eigenvalue weighted by molar-refractivity contribution is 7.90. The Morgan fingerprint density at radius 1 is 0.926 bits per heavy atom. The maximum absolute atomic E-state index is 12.5. The fraction of sp³-hybridized carbons (Fsp3) is 0.0952. The number of amides is 1. The zero-order valence-electron chi connectivity index (χ0n) is 14.8. The quantitative estimate of drug-likeness (QED) is 0.702. The minimum Gasteiger partial charge on any atom is -0.497 e. The van der Waals surface area contributed by atoms with E-state index in [-0.39, 0.29) is 16.6 Å². The minimum atomic E-state index is -3.47. The third-order valence-electron chi connectivity index (χ3n) is 3.98. The highest BCUT2D eigenvalue weighted by Crippen LogP contribution is 2.19. The molecule has 0 spiro atoms. The van der Waals surface area contributed by atoms with Crippen molar-refractivity contribution in [2.24, 2.45) is 0 Å². The van der Waals surface area contributed by atoms with Crippen LogP contribution in [0.15, 0.2) is 83.8 Å². The molecule has 3 rings (SSSR count). The van der Waals surface area contributed by atoms with Crippen molar-refractivity contribution in [3.05, 3.63) is 90.0 Å². The molecule has 0 atom stereocenters. The van der Waals surface area contributed by atoms with E-state index in [0.717, 1.165) is 0 Å². The summed E-state index contributed by atoms with van der Waals surface area (Å²) in [5, 5.41) is 2.79. The van der Waals surface area contributed by atoms with Crippen LogP contribution in [0.4, 0.5) is 5.69 Å². The summed E-state index contributed by atoms with van der Waals surface area (Å²) >= 11 is 0. The fourth-order valence-corrected chi connectivity index (χ4v) is 3.99. The van der Waals surface area contributed by atoms with Crippen LogP contribution in [0.5, 0.6) is 5.75 Å². The Labute approximate surface area is 158 Å².